The quantitative estimate of drug-likeness (QED) is 0.878. The molecule has 6 heteroatoms. The number of aromatic nitrogens is 3. The maximum absolute atomic E-state index is 5.95. The lowest BCUT2D eigenvalue weighted by atomic mass is 10.3. The van der Waals surface area contributed by atoms with Crippen LogP contribution in [0.5, 0.6) is 0 Å². The van der Waals surface area contributed by atoms with E-state index in [0.717, 1.165) is 5.69 Å². The Kier molecular flexibility index (Phi) is 2.99. The van der Waals surface area contributed by atoms with Gasteiger partial charge in [0.25, 0.3) is 0 Å². The molecule has 0 aliphatic heterocycles. The highest BCUT2D eigenvalue weighted by molar-refractivity contribution is 6.33. The summed E-state index contributed by atoms with van der Waals surface area (Å²) in [5, 5.41) is 10.9. The van der Waals surface area contributed by atoms with E-state index < -0.39 is 0 Å². The molecule has 2 rings (SSSR count). The van der Waals surface area contributed by atoms with E-state index in [0.29, 0.717) is 10.8 Å². The van der Waals surface area contributed by atoms with Crippen LogP contribution in [0.25, 0.3) is 0 Å². The Hall–Kier alpha value is -1.39. The van der Waals surface area contributed by atoms with E-state index in [1.165, 1.54) is 6.20 Å². The number of benzene rings is 1. The zero-order valence-corrected chi connectivity index (χ0v) is 9.00. The summed E-state index contributed by atoms with van der Waals surface area (Å²) >= 11 is 11.5. The highest BCUT2D eigenvalue weighted by atomic mass is 35.5. The zero-order valence-electron chi connectivity index (χ0n) is 7.48. The van der Waals surface area contributed by atoms with Crippen LogP contribution in [0.1, 0.15) is 0 Å². The molecule has 0 spiro atoms. The molecule has 0 atom stereocenters. The average Bonchev–Trinajstić information content (AvgIpc) is 2.22. The minimum Gasteiger partial charge on any atom is -0.338 e. The average molecular weight is 241 g/mol. The molecule has 0 bridgehead atoms. The van der Waals surface area contributed by atoms with Gasteiger partial charge in [-0.3, -0.25) is 0 Å². The lowest BCUT2D eigenvalue weighted by molar-refractivity contribution is 0.974. The molecule has 15 heavy (non-hydrogen) atoms. The van der Waals surface area contributed by atoms with E-state index in [-0.39, 0.29) is 5.28 Å². The number of nitrogens with one attached hydrogen (secondary N) is 1. The van der Waals surface area contributed by atoms with Gasteiger partial charge in [0.05, 0.1) is 16.9 Å². The SMILES string of the molecule is Clc1nncc(Nc2ccccc2Cl)n1. The molecule has 0 saturated heterocycles. The smallest absolute Gasteiger partial charge is 0.244 e. The molecule has 76 valence electrons. The molecule has 1 aromatic heterocycles. The fourth-order valence-corrected chi connectivity index (χ4v) is 1.36. The molecular formula is C9H6Cl2N4. The second-order valence-corrected chi connectivity index (χ2v) is 3.46. The third kappa shape index (κ3) is 2.55. The Morgan fingerprint density at radius 1 is 1.13 bits per heavy atom. The summed E-state index contributed by atoms with van der Waals surface area (Å²) in [6.45, 7) is 0. The first kappa shape index (κ1) is 10.1. The molecule has 1 N–H and O–H groups in total. The standard InChI is InChI=1S/C9H6Cl2N4/c10-6-3-1-2-4-7(6)13-8-5-12-15-9(11)14-8/h1-5H,(H,13,14,15). The minimum absolute atomic E-state index is 0.0899. The van der Waals surface area contributed by atoms with Crippen LogP contribution in [0.3, 0.4) is 0 Å². The Balaban J connectivity index is 2.26. The summed E-state index contributed by atoms with van der Waals surface area (Å²) < 4.78 is 0. The number of halogens is 2. The van der Waals surface area contributed by atoms with Crippen LogP contribution in [0, 0.1) is 0 Å². The molecule has 0 aliphatic rings. The van der Waals surface area contributed by atoms with Crippen molar-refractivity contribution in [2.45, 2.75) is 0 Å². The summed E-state index contributed by atoms with van der Waals surface area (Å²) in [5.74, 6) is 0.503. The van der Waals surface area contributed by atoms with E-state index in [1.54, 1.807) is 6.07 Å². The van der Waals surface area contributed by atoms with Crippen molar-refractivity contribution in [3.8, 4) is 0 Å². The third-order valence-electron chi connectivity index (χ3n) is 1.67. The van der Waals surface area contributed by atoms with Crippen LogP contribution in [0.15, 0.2) is 30.5 Å². The van der Waals surface area contributed by atoms with Gasteiger partial charge < -0.3 is 5.32 Å². The fourth-order valence-electron chi connectivity index (χ4n) is 1.04. The van der Waals surface area contributed by atoms with Gasteiger partial charge in [-0.2, -0.15) is 10.1 Å². The normalized spacial score (nSPS) is 10.0. The first-order valence-electron chi connectivity index (χ1n) is 4.12. The summed E-state index contributed by atoms with van der Waals surface area (Å²) in [5.41, 5.74) is 0.746. The monoisotopic (exact) mass is 240 g/mol. The molecule has 0 fully saturated rings. The first-order valence-corrected chi connectivity index (χ1v) is 4.88. The number of nitrogens with zero attached hydrogens (tertiary/aromatic N) is 3. The van der Waals surface area contributed by atoms with Crippen LogP contribution in [0.4, 0.5) is 11.5 Å². The zero-order chi connectivity index (χ0) is 10.7. The van der Waals surface area contributed by atoms with Crippen LogP contribution in [0.2, 0.25) is 10.3 Å². The lowest BCUT2D eigenvalue weighted by Gasteiger charge is -2.05. The number of hydrogen-bond donors (Lipinski definition) is 1. The van der Waals surface area contributed by atoms with Crippen molar-refractivity contribution in [2.75, 3.05) is 5.32 Å². The second-order valence-electron chi connectivity index (χ2n) is 2.72. The van der Waals surface area contributed by atoms with Crippen LogP contribution in [-0.4, -0.2) is 15.2 Å². The van der Waals surface area contributed by atoms with Crippen molar-refractivity contribution in [1.29, 1.82) is 0 Å². The Morgan fingerprint density at radius 3 is 2.67 bits per heavy atom. The Labute approximate surface area is 96.3 Å². The van der Waals surface area contributed by atoms with Crippen molar-refractivity contribution in [1.82, 2.24) is 15.2 Å². The molecular weight excluding hydrogens is 235 g/mol. The Morgan fingerprint density at radius 2 is 1.93 bits per heavy atom. The van der Waals surface area contributed by atoms with Crippen molar-refractivity contribution in [3.63, 3.8) is 0 Å². The van der Waals surface area contributed by atoms with Crippen molar-refractivity contribution < 1.29 is 0 Å². The number of para-hydroxylation sites is 1. The molecule has 2 aromatic rings. The van der Waals surface area contributed by atoms with Gasteiger partial charge in [0.2, 0.25) is 5.28 Å². The lowest BCUT2D eigenvalue weighted by Crippen LogP contribution is -1.96. The van der Waals surface area contributed by atoms with Gasteiger partial charge in [-0.25, -0.2) is 0 Å². The predicted octanol–water partition coefficient (Wildman–Crippen LogP) is 2.92. The largest absolute Gasteiger partial charge is 0.338 e. The second kappa shape index (κ2) is 4.42. The van der Waals surface area contributed by atoms with Crippen molar-refractivity contribution in [2.24, 2.45) is 0 Å². The maximum atomic E-state index is 5.95. The van der Waals surface area contributed by atoms with Gasteiger partial charge in [-0.1, -0.05) is 23.7 Å². The van der Waals surface area contributed by atoms with E-state index >= 15 is 0 Å². The highest BCUT2D eigenvalue weighted by Crippen LogP contribution is 2.23. The molecule has 0 amide bonds. The molecule has 4 nitrogen and oxygen atoms in total. The summed E-state index contributed by atoms with van der Waals surface area (Å²) in [7, 11) is 0. The van der Waals surface area contributed by atoms with Crippen molar-refractivity contribution >= 4 is 34.7 Å². The summed E-state index contributed by atoms with van der Waals surface area (Å²) in [6, 6.07) is 7.32. The van der Waals surface area contributed by atoms with Gasteiger partial charge >= 0.3 is 0 Å². The topological polar surface area (TPSA) is 50.7 Å². The molecule has 0 radical (unpaired) electrons. The maximum Gasteiger partial charge on any atom is 0.244 e. The van der Waals surface area contributed by atoms with Gasteiger partial charge in [0, 0.05) is 0 Å². The number of rotatable bonds is 2. The number of anilines is 2. The minimum atomic E-state index is 0.0899. The molecule has 0 unspecified atom stereocenters. The van der Waals surface area contributed by atoms with Gasteiger partial charge in [-0.05, 0) is 23.7 Å². The van der Waals surface area contributed by atoms with Crippen LogP contribution >= 0.6 is 23.2 Å². The molecule has 1 aromatic carbocycles. The van der Waals surface area contributed by atoms with Crippen molar-refractivity contribution in [3.05, 3.63) is 40.8 Å². The van der Waals surface area contributed by atoms with Gasteiger partial charge in [0.15, 0.2) is 5.82 Å². The van der Waals surface area contributed by atoms with Gasteiger partial charge in [-0.15, -0.1) is 5.10 Å². The summed E-state index contributed by atoms with van der Waals surface area (Å²) in [6.07, 6.45) is 1.47. The molecule has 0 saturated carbocycles. The third-order valence-corrected chi connectivity index (χ3v) is 2.16. The van der Waals surface area contributed by atoms with Gasteiger partial charge in [0.1, 0.15) is 0 Å². The predicted molar refractivity (Wildman–Crippen MR) is 59.6 cm³/mol. The van der Waals surface area contributed by atoms with E-state index in [2.05, 4.69) is 20.5 Å². The molecule has 0 aliphatic carbocycles. The number of hydrogen-bond acceptors (Lipinski definition) is 4. The van der Waals surface area contributed by atoms with E-state index in [4.69, 9.17) is 23.2 Å². The van der Waals surface area contributed by atoms with Crippen LogP contribution in [-0.2, 0) is 0 Å². The van der Waals surface area contributed by atoms with E-state index in [1.807, 2.05) is 18.2 Å². The highest BCUT2D eigenvalue weighted by Gasteiger charge is 2.01. The fraction of sp³-hybridized carbons (Fsp3) is 0. The molecule has 1 heterocycles. The van der Waals surface area contributed by atoms with E-state index in [9.17, 15) is 0 Å². The Bertz CT molecular complexity index is 475. The first-order chi connectivity index (χ1) is 7.25. The summed E-state index contributed by atoms with van der Waals surface area (Å²) in [4.78, 5) is 3.93. The van der Waals surface area contributed by atoms with Crippen LogP contribution < -0.4 is 5.32 Å².